The maximum atomic E-state index is 11.5. The fraction of sp³-hybridized carbons (Fsp3) is 0.429. The van der Waals surface area contributed by atoms with E-state index in [0.29, 0.717) is 41.5 Å². The van der Waals surface area contributed by atoms with Gasteiger partial charge in [0.2, 0.25) is 0 Å². The van der Waals surface area contributed by atoms with Gasteiger partial charge < -0.3 is 19.9 Å². The van der Waals surface area contributed by atoms with Gasteiger partial charge in [-0.15, -0.1) is 0 Å². The number of methoxy groups -OCH3 is 1. The summed E-state index contributed by atoms with van der Waals surface area (Å²) in [5.41, 5.74) is 8.45. The number of aromatic nitrogens is 1. The molecule has 0 fully saturated rings. The third kappa shape index (κ3) is 5.10. The average molecular weight is 420 g/mol. The second-order valence-electron chi connectivity index (χ2n) is 7.95. The van der Waals surface area contributed by atoms with Gasteiger partial charge in [-0.1, -0.05) is 25.4 Å². The molecule has 0 radical (unpaired) electrons. The fourth-order valence-electron chi connectivity index (χ4n) is 3.44. The van der Waals surface area contributed by atoms with E-state index in [1.807, 2.05) is 6.92 Å². The Labute approximate surface area is 175 Å². The Kier molecular flexibility index (Phi) is 6.19. The predicted molar refractivity (Wildman–Crippen MR) is 113 cm³/mol. The third-order valence-electron chi connectivity index (χ3n) is 4.54. The number of rotatable bonds is 6. The molecule has 0 aliphatic carbocycles. The Bertz CT molecular complexity index is 915. The zero-order chi connectivity index (χ0) is 21.2. The molecule has 1 amide bonds. The van der Waals surface area contributed by atoms with Crippen molar-refractivity contribution < 1.29 is 19.0 Å². The molecular weight excluding hydrogens is 394 g/mol. The molecule has 8 heteroatoms. The number of pyridine rings is 1. The van der Waals surface area contributed by atoms with E-state index in [4.69, 9.17) is 26.8 Å². The van der Waals surface area contributed by atoms with Crippen molar-refractivity contribution in [3.8, 4) is 22.6 Å². The highest BCUT2D eigenvalue weighted by molar-refractivity contribution is 6.32. The summed E-state index contributed by atoms with van der Waals surface area (Å²) in [7, 11) is 1.30. The lowest BCUT2D eigenvalue weighted by atomic mass is 9.93. The van der Waals surface area contributed by atoms with Crippen LogP contribution in [0.4, 0.5) is 10.6 Å². The van der Waals surface area contributed by atoms with E-state index in [1.54, 1.807) is 24.4 Å². The summed E-state index contributed by atoms with van der Waals surface area (Å²) >= 11 is 6.48. The smallest absolute Gasteiger partial charge is 0.412 e. The SMILES string of the molecule is COC(=O)Nc1cc2c(cn1)COc1cc(OC[C@@](C)(N)CC(C)C)c(Cl)cc1-2. The van der Waals surface area contributed by atoms with Gasteiger partial charge >= 0.3 is 6.09 Å². The summed E-state index contributed by atoms with van der Waals surface area (Å²) in [6, 6.07) is 5.34. The molecule has 7 nitrogen and oxygen atoms in total. The monoisotopic (exact) mass is 419 g/mol. The molecule has 2 heterocycles. The maximum absolute atomic E-state index is 11.5. The van der Waals surface area contributed by atoms with E-state index in [9.17, 15) is 4.79 Å². The van der Waals surface area contributed by atoms with Gasteiger partial charge in [-0.25, -0.2) is 9.78 Å². The number of halogens is 1. The van der Waals surface area contributed by atoms with Gasteiger partial charge in [0.1, 0.15) is 30.5 Å². The lowest BCUT2D eigenvalue weighted by Gasteiger charge is -2.27. The first-order chi connectivity index (χ1) is 13.7. The van der Waals surface area contributed by atoms with Gasteiger partial charge in [0.05, 0.1) is 12.1 Å². The average Bonchev–Trinajstić information content (AvgIpc) is 2.65. The van der Waals surface area contributed by atoms with Gasteiger partial charge in [0.25, 0.3) is 0 Å². The van der Waals surface area contributed by atoms with Crippen LogP contribution in [0.3, 0.4) is 0 Å². The van der Waals surface area contributed by atoms with Gasteiger partial charge in [-0.3, -0.25) is 5.32 Å². The lowest BCUT2D eigenvalue weighted by Crippen LogP contribution is -2.43. The minimum Gasteiger partial charge on any atom is -0.490 e. The summed E-state index contributed by atoms with van der Waals surface area (Å²) in [5.74, 6) is 2.02. The van der Waals surface area contributed by atoms with Crippen molar-refractivity contribution >= 4 is 23.5 Å². The van der Waals surface area contributed by atoms with Crippen molar-refractivity contribution in [1.82, 2.24) is 4.98 Å². The van der Waals surface area contributed by atoms with Crippen molar-refractivity contribution in [2.45, 2.75) is 39.3 Å². The van der Waals surface area contributed by atoms with E-state index in [-0.39, 0.29) is 0 Å². The first-order valence-corrected chi connectivity index (χ1v) is 9.78. The Balaban J connectivity index is 1.86. The van der Waals surface area contributed by atoms with Crippen molar-refractivity contribution in [2.24, 2.45) is 11.7 Å². The van der Waals surface area contributed by atoms with Crippen molar-refractivity contribution in [1.29, 1.82) is 0 Å². The zero-order valence-corrected chi connectivity index (χ0v) is 17.8. The molecule has 3 N–H and O–H groups in total. The van der Waals surface area contributed by atoms with Crippen molar-refractivity contribution in [3.63, 3.8) is 0 Å². The summed E-state index contributed by atoms with van der Waals surface area (Å²) in [5, 5.41) is 3.02. The Morgan fingerprint density at radius 1 is 1.38 bits per heavy atom. The molecule has 2 aromatic rings. The first kappa shape index (κ1) is 21.2. The lowest BCUT2D eigenvalue weighted by molar-refractivity contribution is 0.187. The molecule has 0 unspecified atom stereocenters. The summed E-state index contributed by atoms with van der Waals surface area (Å²) < 4.78 is 16.4. The second kappa shape index (κ2) is 8.47. The minimum atomic E-state index is -0.585. The number of carbonyl (C=O) groups excluding carboxylic acids is 1. The Hall–Kier alpha value is -2.51. The van der Waals surface area contributed by atoms with Gasteiger partial charge in [0, 0.05) is 28.9 Å². The van der Waals surface area contributed by atoms with Gasteiger partial charge in [-0.05, 0) is 37.0 Å². The number of anilines is 1. The maximum Gasteiger partial charge on any atom is 0.412 e. The molecule has 156 valence electrons. The first-order valence-electron chi connectivity index (χ1n) is 9.41. The number of benzene rings is 1. The van der Waals surface area contributed by atoms with E-state index in [2.05, 4.69) is 28.9 Å². The van der Waals surface area contributed by atoms with Gasteiger partial charge in [0.15, 0.2) is 0 Å². The molecule has 1 aromatic heterocycles. The topological polar surface area (TPSA) is 95.7 Å². The number of amides is 1. The molecule has 1 atom stereocenters. The highest BCUT2D eigenvalue weighted by Gasteiger charge is 2.24. The number of hydrogen-bond acceptors (Lipinski definition) is 6. The summed E-state index contributed by atoms with van der Waals surface area (Å²) in [4.78, 5) is 15.7. The number of nitrogens with two attached hydrogens (primary N) is 1. The Morgan fingerprint density at radius 2 is 2.14 bits per heavy atom. The van der Waals surface area contributed by atoms with Crippen LogP contribution in [-0.2, 0) is 11.3 Å². The quantitative estimate of drug-likeness (QED) is 0.709. The van der Waals surface area contributed by atoms with Crippen LogP contribution >= 0.6 is 11.6 Å². The van der Waals surface area contributed by atoms with Crippen LogP contribution in [0.1, 0.15) is 32.8 Å². The summed E-state index contributed by atoms with van der Waals surface area (Å²) in [6.07, 6.45) is 1.91. The van der Waals surface area contributed by atoms with E-state index < -0.39 is 11.6 Å². The van der Waals surface area contributed by atoms with Crippen LogP contribution < -0.4 is 20.5 Å². The van der Waals surface area contributed by atoms with Crippen LogP contribution in [0, 0.1) is 5.92 Å². The molecule has 1 aliphatic heterocycles. The normalized spacial score (nSPS) is 14.3. The van der Waals surface area contributed by atoms with Crippen LogP contribution in [0.2, 0.25) is 5.02 Å². The second-order valence-corrected chi connectivity index (χ2v) is 8.36. The van der Waals surface area contributed by atoms with Crippen LogP contribution in [0.15, 0.2) is 24.4 Å². The van der Waals surface area contributed by atoms with Crippen molar-refractivity contribution in [2.75, 3.05) is 19.0 Å². The molecule has 0 saturated carbocycles. The minimum absolute atomic E-state index is 0.345. The molecule has 0 bridgehead atoms. The largest absolute Gasteiger partial charge is 0.490 e. The van der Waals surface area contributed by atoms with E-state index in [1.165, 1.54) is 7.11 Å². The number of carbonyl (C=O) groups is 1. The molecule has 29 heavy (non-hydrogen) atoms. The van der Waals surface area contributed by atoms with Crippen LogP contribution in [0.25, 0.3) is 11.1 Å². The van der Waals surface area contributed by atoms with Crippen LogP contribution in [-0.4, -0.2) is 30.3 Å². The number of hydrogen-bond donors (Lipinski definition) is 2. The highest BCUT2D eigenvalue weighted by Crippen LogP contribution is 2.43. The molecule has 3 rings (SSSR count). The Morgan fingerprint density at radius 3 is 2.83 bits per heavy atom. The van der Waals surface area contributed by atoms with E-state index >= 15 is 0 Å². The zero-order valence-electron chi connectivity index (χ0n) is 17.0. The molecular formula is C21H26ClN3O4. The number of nitrogens with one attached hydrogen (secondary N) is 1. The standard InChI is InChI=1S/C21H26ClN3O4/c1-12(2)8-21(3,23)11-29-18-7-17-15(5-16(18)22)14-6-19(25-20(26)27-4)24-9-13(14)10-28-17/h5-7,9,12H,8,10-11,23H2,1-4H3,(H,24,25,26)/t21-/m0/s1. The molecule has 0 spiro atoms. The number of ether oxygens (including phenoxy) is 3. The highest BCUT2D eigenvalue weighted by atomic mass is 35.5. The molecule has 1 aliphatic rings. The predicted octanol–water partition coefficient (Wildman–Crippen LogP) is 4.62. The molecule has 1 aromatic carbocycles. The third-order valence-corrected chi connectivity index (χ3v) is 4.84. The number of nitrogens with zero attached hydrogens (tertiary/aromatic N) is 1. The van der Waals surface area contributed by atoms with E-state index in [0.717, 1.165) is 23.1 Å². The van der Waals surface area contributed by atoms with Crippen molar-refractivity contribution in [3.05, 3.63) is 35.0 Å². The fourth-order valence-corrected chi connectivity index (χ4v) is 3.66. The molecule has 0 saturated heterocycles. The van der Waals surface area contributed by atoms with Crippen LogP contribution in [0.5, 0.6) is 11.5 Å². The number of fused-ring (bicyclic) bond motifs is 3. The summed E-state index contributed by atoms with van der Waals surface area (Å²) in [6.45, 7) is 6.92. The van der Waals surface area contributed by atoms with Gasteiger partial charge in [-0.2, -0.15) is 0 Å².